The minimum atomic E-state index is -4.77. The Balaban J connectivity index is 1.38. The molecule has 0 saturated heterocycles. The predicted molar refractivity (Wildman–Crippen MR) is 143 cm³/mol. The second kappa shape index (κ2) is 10.8. The first-order valence-electron chi connectivity index (χ1n) is 13.1. The van der Waals surface area contributed by atoms with E-state index in [-0.39, 0.29) is 29.1 Å². The van der Waals surface area contributed by atoms with Crippen molar-refractivity contribution in [2.45, 2.75) is 65.4 Å². The molecule has 2 aromatic carbocycles. The summed E-state index contributed by atoms with van der Waals surface area (Å²) in [5.41, 5.74) is 2.62. The summed E-state index contributed by atoms with van der Waals surface area (Å²) in [7, 11) is 0. The third-order valence-electron chi connectivity index (χ3n) is 7.45. The molecule has 0 atom stereocenters. The van der Waals surface area contributed by atoms with Gasteiger partial charge in [-0.05, 0) is 72.1 Å². The van der Waals surface area contributed by atoms with Crippen LogP contribution in [0.15, 0.2) is 42.5 Å². The van der Waals surface area contributed by atoms with Gasteiger partial charge >= 0.3 is 6.36 Å². The zero-order chi connectivity index (χ0) is 28.5. The lowest BCUT2D eigenvalue weighted by atomic mass is 9.71. The van der Waals surface area contributed by atoms with Gasteiger partial charge in [0, 0.05) is 24.2 Å². The number of rotatable bonds is 7. The van der Waals surface area contributed by atoms with Gasteiger partial charge in [0.05, 0.1) is 11.0 Å². The predicted octanol–water partition coefficient (Wildman–Crippen LogP) is 5.84. The van der Waals surface area contributed by atoms with E-state index in [9.17, 15) is 18.0 Å². The highest BCUT2D eigenvalue weighted by molar-refractivity contribution is 6.03. The van der Waals surface area contributed by atoms with E-state index in [4.69, 9.17) is 4.98 Å². The van der Waals surface area contributed by atoms with Crippen LogP contribution in [0.1, 0.15) is 62.4 Å². The first-order valence-corrected chi connectivity index (χ1v) is 13.1. The van der Waals surface area contributed by atoms with Crippen LogP contribution in [0.5, 0.6) is 5.75 Å². The number of hydrogen-bond donors (Lipinski definition) is 3. The molecular weight excluding hydrogens is 525 g/mol. The molecule has 3 N–H and O–H groups in total. The Bertz CT molecular complexity index is 1440. The second-order valence-corrected chi connectivity index (χ2v) is 11.2. The number of carbonyl (C=O) groups is 1. The Morgan fingerprint density at radius 1 is 1.07 bits per heavy atom. The molecule has 40 heavy (non-hydrogen) atoms. The maximum Gasteiger partial charge on any atom is 0.573 e. The lowest BCUT2D eigenvalue weighted by Gasteiger charge is -2.41. The molecule has 13 heteroatoms. The van der Waals surface area contributed by atoms with E-state index in [1.807, 2.05) is 12.1 Å². The smallest absolute Gasteiger partial charge is 0.406 e. The van der Waals surface area contributed by atoms with Crippen molar-refractivity contribution in [3.05, 3.63) is 53.6 Å². The molecule has 1 aliphatic carbocycles. The fourth-order valence-electron chi connectivity index (χ4n) is 5.29. The Kier molecular flexibility index (Phi) is 7.39. The summed E-state index contributed by atoms with van der Waals surface area (Å²) in [5, 5.41) is 15.7. The highest BCUT2D eigenvalue weighted by Crippen LogP contribution is 2.40. The summed E-state index contributed by atoms with van der Waals surface area (Å²) in [6.45, 7) is 7.31. The quantitative estimate of drug-likeness (QED) is 0.261. The van der Waals surface area contributed by atoms with E-state index in [1.54, 1.807) is 12.1 Å². The van der Waals surface area contributed by atoms with Gasteiger partial charge in [0.15, 0.2) is 0 Å². The standard InChI is InChI=1S/C27H31F3N8O2/c1-26(2,3)18-8-10-19(11-9-18)38(25-31-21-13-12-20(14-22(21)32-25)40-27(28,29)30)15-16-4-6-17(7-5-16)23(39)33-24-34-36-37-35-24/h4-7,12-14,18-19H,8-11,15H2,1-3H3,(H,31,32)(H2,33,34,35,36,37,39). The molecule has 0 bridgehead atoms. The molecule has 10 nitrogen and oxygen atoms in total. The van der Waals surface area contributed by atoms with Gasteiger partial charge in [0.25, 0.3) is 11.9 Å². The van der Waals surface area contributed by atoms with Crippen LogP contribution < -0.4 is 15.0 Å². The number of nitrogens with zero attached hydrogens (tertiary/aromatic N) is 5. The van der Waals surface area contributed by atoms with Crippen molar-refractivity contribution >= 4 is 28.8 Å². The number of halogens is 3. The molecule has 0 radical (unpaired) electrons. The summed E-state index contributed by atoms with van der Waals surface area (Å²) in [4.78, 5) is 22.6. The minimum Gasteiger partial charge on any atom is -0.406 e. The molecule has 1 amide bonds. The van der Waals surface area contributed by atoms with E-state index in [1.165, 1.54) is 18.2 Å². The van der Waals surface area contributed by atoms with Crippen LogP contribution in [-0.4, -0.2) is 48.9 Å². The van der Waals surface area contributed by atoms with Crippen molar-refractivity contribution in [1.29, 1.82) is 0 Å². The Labute approximate surface area is 228 Å². The van der Waals surface area contributed by atoms with Gasteiger partial charge in [-0.1, -0.05) is 38.0 Å². The summed E-state index contributed by atoms with van der Waals surface area (Å²) in [5.74, 6) is 0.610. The number of carbonyl (C=O) groups excluding carboxylic acids is 1. The van der Waals surface area contributed by atoms with Crippen molar-refractivity contribution < 1.29 is 22.7 Å². The first kappa shape index (κ1) is 27.4. The molecule has 2 aromatic heterocycles. The molecule has 0 aliphatic heterocycles. The number of tetrazole rings is 1. The summed E-state index contributed by atoms with van der Waals surface area (Å²) < 4.78 is 42.4. The number of ether oxygens (including phenoxy) is 1. The van der Waals surface area contributed by atoms with Crippen molar-refractivity contribution in [3.63, 3.8) is 0 Å². The normalized spacial score (nSPS) is 18.1. The Hall–Kier alpha value is -4.16. The average Bonchev–Trinajstić information content (AvgIpc) is 3.56. The Morgan fingerprint density at radius 3 is 2.42 bits per heavy atom. The van der Waals surface area contributed by atoms with Crippen LogP contribution >= 0.6 is 0 Å². The minimum absolute atomic E-state index is 0.0831. The van der Waals surface area contributed by atoms with Crippen molar-refractivity contribution in [2.24, 2.45) is 11.3 Å². The Morgan fingerprint density at radius 2 is 1.80 bits per heavy atom. The zero-order valence-electron chi connectivity index (χ0n) is 22.4. The number of imidazole rings is 1. The van der Waals surface area contributed by atoms with Crippen LogP contribution in [0.3, 0.4) is 0 Å². The fraction of sp³-hybridized carbons (Fsp3) is 0.444. The van der Waals surface area contributed by atoms with Crippen LogP contribution in [0, 0.1) is 11.3 Å². The number of hydrogen-bond acceptors (Lipinski definition) is 7. The van der Waals surface area contributed by atoms with E-state index in [0.29, 0.717) is 35.0 Å². The SMILES string of the molecule is CC(C)(C)C1CCC(N(Cc2ccc(C(=O)Nc3nn[nH]n3)cc2)c2nc3ccc(OC(F)(F)F)cc3[nH]2)CC1. The lowest BCUT2D eigenvalue weighted by Crippen LogP contribution is -2.40. The molecular formula is C27H31F3N8O2. The molecule has 1 saturated carbocycles. The van der Waals surface area contributed by atoms with Gasteiger partial charge in [-0.3, -0.25) is 10.1 Å². The number of benzene rings is 2. The summed E-state index contributed by atoms with van der Waals surface area (Å²) >= 11 is 0. The molecule has 4 aromatic rings. The number of H-pyrrole nitrogens is 2. The van der Waals surface area contributed by atoms with Crippen LogP contribution in [-0.2, 0) is 6.54 Å². The molecule has 1 aliphatic rings. The maximum absolute atomic E-state index is 12.8. The summed E-state index contributed by atoms with van der Waals surface area (Å²) in [6.07, 6.45) is -0.699. The van der Waals surface area contributed by atoms with Crippen molar-refractivity contribution in [3.8, 4) is 5.75 Å². The first-order chi connectivity index (χ1) is 18.9. The van der Waals surface area contributed by atoms with E-state index < -0.39 is 6.36 Å². The van der Waals surface area contributed by atoms with Gasteiger partial charge in [-0.2, -0.15) is 5.21 Å². The highest BCUT2D eigenvalue weighted by atomic mass is 19.4. The second-order valence-electron chi connectivity index (χ2n) is 11.2. The number of alkyl halides is 3. The molecule has 1 fully saturated rings. The summed E-state index contributed by atoms with van der Waals surface area (Å²) in [6, 6.07) is 11.5. The van der Waals surface area contributed by atoms with E-state index in [0.717, 1.165) is 31.2 Å². The third kappa shape index (κ3) is 6.52. The third-order valence-corrected chi connectivity index (χ3v) is 7.45. The zero-order valence-corrected chi connectivity index (χ0v) is 22.4. The largest absolute Gasteiger partial charge is 0.573 e. The van der Waals surface area contributed by atoms with Gasteiger partial charge < -0.3 is 14.6 Å². The lowest BCUT2D eigenvalue weighted by molar-refractivity contribution is -0.274. The number of aromatic nitrogens is 6. The maximum atomic E-state index is 12.8. The molecule has 212 valence electrons. The average molecular weight is 557 g/mol. The molecule has 2 heterocycles. The van der Waals surface area contributed by atoms with E-state index in [2.05, 4.69) is 61.3 Å². The van der Waals surface area contributed by atoms with Crippen molar-refractivity contribution in [2.75, 3.05) is 10.2 Å². The van der Waals surface area contributed by atoms with Gasteiger partial charge in [-0.15, -0.1) is 18.3 Å². The fourth-order valence-corrected chi connectivity index (χ4v) is 5.29. The number of fused-ring (bicyclic) bond motifs is 1. The van der Waals surface area contributed by atoms with Gasteiger partial charge in [0.2, 0.25) is 5.95 Å². The van der Waals surface area contributed by atoms with Gasteiger partial charge in [0.1, 0.15) is 5.75 Å². The van der Waals surface area contributed by atoms with E-state index >= 15 is 0 Å². The number of nitrogens with one attached hydrogen (secondary N) is 3. The van der Waals surface area contributed by atoms with Crippen molar-refractivity contribution in [1.82, 2.24) is 30.6 Å². The molecule has 0 unspecified atom stereocenters. The number of aromatic amines is 2. The molecule has 0 spiro atoms. The van der Waals surface area contributed by atoms with Crippen LogP contribution in [0.2, 0.25) is 0 Å². The number of anilines is 2. The topological polar surface area (TPSA) is 125 Å². The van der Waals surface area contributed by atoms with Gasteiger partial charge in [-0.25, -0.2) is 4.98 Å². The molecule has 5 rings (SSSR count). The number of amides is 1. The monoisotopic (exact) mass is 556 g/mol. The van der Waals surface area contributed by atoms with Crippen LogP contribution in [0.25, 0.3) is 11.0 Å². The highest BCUT2D eigenvalue weighted by Gasteiger charge is 2.34. The van der Waals surface area contributed by atoms with Crippen LogP contribution in [0.4, 0.5) is 25.1 Å².